The molecule has 1 aliphatic carbocycles. The fourth-order valence-electron chi connectivity index (χ4n) is 2.26. The molecule has 6 heteroatoms. The quantitative estimate of drug-likeness (QED) is 0.815. The average molecular weight is 327 g/mol. The number of amides is 1. The van der Waals surface area contributed by atoms with Crippen molar-refractivity contribution in [1.29, 1.82) is 0 Å². The molecule has 0 spiro atoms. The van der Waals surface area contributed by atoms with E-state index in [1.54, 1.807) is 6.07 Å². The fourth-order valence-corrected chi connectivity index (χ4v) is 3.57. The molecule has 20 heavy (non-hydrogen) atoms. The van der Waals surface area contributed by atoms with Gasteiger partial charge in [0.05, 0.1) is 14.7 Å². The number of rotatable bonds is 3. The Kier molecular flexibility index (Phi) is 3.96. The highest BCUT2D eigenvalue weighted by molar-refractivity contribution is 7.22. The molecule has 1 atom stereocenters. The van der Waals surface area contributed by atoms with Crippen molar-refractivity contribution in [3.05, 3.63) is 34.3 Å². The highest BCUT2D eigenvalue weighted by Gasteiger charge is 2.16. The molecule has 0 saturated heterocycles. The van der Waals surface area contributed by atoms with E-state index in [2.05, 4.69) is 22.5 Å². The number of aromatic nitrogens is 1. The van der Waals surface area contributed by atoms with Crippen molar-refractivity contribution in [1.82, 2.24) is 4.98 Å². The van der Waals surface area contributed by atoms with Gasteiger partial charge in [-0.2, -0.15) is 0 Å². The molecule has 0 aliphatic heterocycles. The van der Waals surface area contributed by atoms with Crippen LogP contribution in [0.2, 0.25) is 10.0 Å². The predicted molar refractivity (Wildman–Crippen MR) is 84.8 cm³/mol. The molecule has 1 aliphatic rings. The van der Waals surface area contributed by atoms with Crippen LogP contribution in [0.3, 0.4) is 0 Å². The molecule has 1 aromatic carbocycles. The van der Waals surface area contributed by atoms with E-state index in [9.17, 15) is 4.79 Å². The molecule has 2 aromatic rings. The topological polar surface area (TPSA) is 42.0 Å². The lowest BCUT2D eigenvalue weighted by molar-refractivity contribution is -0.116. The Morgan fingerprint density at radius 1 is 1.45 bits per heavy atom. The number of anilines is 1. The highest BCUT2D eigenvalue weighted by atomic mass is 35.5. The minimum absolute atomic E-state index is 0.0113. The van der Waals surface area contributed by atoms with Crippen LogP contribution in [0, 0.1) is 5.92 Å². The molecule has 1 N–H and O–H groups in total. The summed E-state index contributed by atoms with van der Waals surface area (Å²) in [7, 11) is 0. The van der Waals surface area contributed by atoms with Gasteiger partial charge in [-0.25, -0.2) is 4.98 Å². The van der Waals surface area contributed by atoms with Crippen molar-refractivity contribution in [2.75, 3.05) is 5.32 Å². The second-order valence-electron chi connectivity index (χ2n) is 4.75. The molecule has 1 aromatic heterocycles. The first kappa shape index (κ1) is 13.9. The van der Waals surface area contributed by atoms with Crippen molar-refractivity contribution in [3.8, 4) is 0 Å². The third-order valence-corrected chi connectivity index (χ3v) is 4.99. The number of hydrogen-bond donors (Lipinski definition) is 1. The maximum absolute atomic E-state index is 12.0. The zero-order valence-corrected chi connectivity index (χ0v) is 12.9. The molecule has 0 fully saturated rings. The molecule has 104 valence electrons. The van der Waals surface area contributed by atoms with Crippen LogP contribution < -0.4 is 5.32 Å². The number of carbonyl (C=O) groups excluding carboxylic acids is 1. The van der Waals surface area contributed by atoms with E-state index in [4.69, 9.17) is 23.2 Å². The highest BCUT2D eigenvalue weighted by Crippen LogP contribution is 2.35. The number of allylic oxidation sites excluding steroid dienone is 2. The van der Waals surface area contributed by atoms with Crippen molar-refractivity contribution in [3.63, 3.8) is 0 Å². The largest absolute Gasteiger partial charge is 0.302 e. The number of hydrogen-bond acceptors (Lipinski definition) is 3. The summed E-state index contributed by atoms with van der Waals surface area (Å²) in [4.78, 5) is 16.3. The number of nitrogens with one attached hydrogen (secondary N) is 1. The minimum atomic E-state index is -0.0113. The summed E-state index contributed by atoms with van der Waals surface area (Å²) < 4.78 is 0.912. The Morgan fingerprint density at radius 3 is 3.05 bits per heavy atom. The maximum Gasteiger partial charge on any atom is 0.226 e. The Labute approximate surface area is 130 Å². The second kappa shape index (κ2) is 5.72. The van der Waals surface area contributed by atoms with E-state index in [1.807, 2.05) is 6.07 Å². The van der Waals surface area contributed by atoms with Crippen molar-refractivity contribution < 1.29 is 4.79 Å². The Hall–Kier alpha value is -1.10. The van der Waals surface area contributed by atoms with Crippen LogP contribution in [0.1, 0.15) is 19.3 Å². The number of carbonyl (C=O) groups is 1. The second-order valence-corrected chi connectivity index (χ2v) is 6.56. The number of fused-ring (bicyclic) bond motifs is 1. The van der Waals surface area contributed by atoms with Gasteiger partial charge in [0.15, 0.2) is 5.13 Å². The van der Waals surface area contributed by atoms with E-state index >= 15 is 0 Å². The molecular formula is C14H12Cl2N2OS. The molecule has 3 nitrogen and oxygen atoms in total. The first-order valence-corrected chi connectivity index (χ1v) is 7.92. The smallest absolute Gasteiger partial charge is 0.226 e. The summed E-state index contributed by atoms with van der Waals surface area (Å²) >= 11 is 13.5. The molecule has 1 heterocycles. The average Bonchev–Trinajstić information content (AvgIpc) is 3.03. The zero-order chi connectivity index (χ0) is 14.1. The van der Waals surface area contributed by atoms with Crippen molar-refractivity contribution in [2.24, 2.45) is 5.92 Å². The van der Waals surface area contributed by atoms with E-state index in [-0.39, 0.29) is 5.91 Å². The Bertz CT molecular complexity index is 696. The Morgan fingerprint density at radius 2 is 2.30 bits per heavy atom. The summed E-state index contributed by atoms with van der Waals surface area (Å²) in [6.07, 6.45) is 6.84. The van der Waals surface area contributed by atoms with E-state index in [0.717, 1.165) is 17.5 Å². The summed E-state index contributed by atoms with van der Waals surface area (Å²) in [6.45, 7) is 0. The molecule has 1 amide bonds. The van der Waals surface area contributed by atoms with Gasteiger partial charge in [-0.1, -0.05) is 46.7 Å². The molecule has 0 bridgehead atoms. The van der Waals surface area contributed by atoms with Crippen molar-refractivity contribution >= 4 is 55.8 Å². The van der Waals surface area contributed by atoms with Gasteiger partial charge in [0.25, 0.3) is 0 Å². The predicted octanol–water partition coefficient (Wildman–Crippen LogP) is 4.90. The molecule has 0 saturated carbocycles. The lowest BCUT2D eigenvalue weighted by Gasteiger charge is -2.06. The van der Waals surface area contributed by atoms with Gasteiger partial charge < -0.3 is 5.32 Å². The summed E-state index contributed by atoms with van der Waals surface area (Å²) in [5, 5.41) is 4.30. The number of nitrogens with zero attached hydrogens (tertiary/aromatic N) is 1. The van der Waals surface area contributed by atoms with Gasteiger partial charge in [-0.05, 0) is 30.9 Å². The first-order valence-electron chi connectivity index (χ1n) is 6.34. The fraction of sp³-hybridized carbons (Fsp3) is 0.286. The molecule has 1 unspecified atom stereocenters. The SMILES string of the molecule is O=C(CC1C=CCC1)Nc1nc2c(Cl)c(Cl)ccc2s1. The van der Waals surface area contributed by atoms with Crippen LogP contribution in [-0.2, 0) is 4.79 Å². The van der Waals surface area contributed by atoms with Gasteiger partial charge in [-0.3, -0.25) is 4.79 Å². The van der Waals surface area contributed by atoms with Gasteiger partial charge in [0, 0.05) is 6.42 Å². The Balaban J connectivity index is 1.75. The zero-order valence-electron chi connectivity index (χ0n) is 10.5. The van der Waals surface area contributed by atoms with E-state index in [0.29, 0.717) is 33.0 Å². The van der Waals surface area contributed by atoms with Crippen LogP contribution in [0.25, 0.3) is 10.2 Å². The number of thiazole rings is 1. The van der Waals surface area contributed by atoms with Crippen LogP contribution in [-0.4, -0.2) is 10.9 Å². The third kappa shape index (κ3) is 2.82. The van der Waals surface area contributed by atoms with E-state index < -0.39 is 0 Å². The van der Waals surface area contributed by atoms with Crippen LogP contribution >= 0.6 is 34.5 Å². The monoisotopic (exact) mass is 326 g/mol. The van der Waals surface area contributed by atoms with Gasteiger partial charge in [0.1, 0.15) is 5.52 Å². The van der Waals surface area contributed by atoms with Crippen molar-refractivity contribution in [2.45, 2.75) is 19.3 Å². The van der Waals surface area contributed by atoms with Crippen LogP contribution in [0.5, 0.6) is 0 Å². The summed E-state index contributed by atoms with van der Waals surface area (Å²) in [5.41, 5.74) is 0.639. The van der Waals surface area contributed by atoms with Gasteiger partial charge in [-0.15, -0.1) is 0 Å². The maximum atomic E-state index is 12.0. The third-order valence-electron chi connectivity index (χ3n) is 3.26. The number of benzene rings is 1. The summed E-state index contributed by atoms with van der Waals surface area (Å²) in [5.74, 6) is 0.338. The lowest BCUT2D eigenvalue weighted by atomic mass is 10.1. The molecule has 3 rings (SSSR count). The first-order chi connectivity index (χ1) is 9.63. The van der Waals surface area contributed by atoms with Gasteiger partial charge in [0.2, 0.25) is 5.91 Å². The van der Waals surface area contributed by atoms with E-state index in [1.165, 1.54) is 11.3 Å². The van der Waals surface area contributed by atoms with Crippen LogP contribution in [0.4, 0.5) is 5.13 Å². The van der Waals surface area contributed by atoms with Crippen LogP contribution in [0.15, 0.2) is 24.3 Å². The summed E-state index contributed by atoms with van der Waals surface area (Å²) in [6, 6.07) is 3.59. The van der Waals surface area contributed by atoms with Gasteiger partial charge >= 0.3 is 0 Å². The minimum Gasteiger partial charge on any atom is -0.302 e. The molecular weight excluding hydrogens is 315 g/mol. The standard InChI is InChI=1S/C14H12Cl2N2OS/c15-9-5-6-10-13(12(9)16)18-14(20-10)17-11(19)7-8-3-1-2-4-8/h1,3,5-6,8H,2,4,7H2,(H,17,18,19). The molecule has 0 radical (unpaired) electrons. The lowest BCUT2D eigenvalue weighted by Crippen LogP contribution is -2.14. The normalized spacial score (nSPS) is 17.8. The number of halogens is 2.